The van der Waals surface area contributed by atoms with Crippen molar-refractivity contribution in [3.63, 3.8) is 0 Å². The van der Waals surface area contributed by atoms with E-state index in [1.165, 1.54) is 53.4 Å². The van der Waals surface area contributed by atoms with Gasteiger partial charge >= 0.3 is 14.8 Å². The van der Waals surface area contributed by atoms with Crippen LogP contribution in [0.15, 0.2) is 0 Å². The smallest absolute Gasteiger partial charge is 0.461 e. The first-order valence-electron chi connectivity index (χ1n) is 7.45. The van der Waals surface area contributed by atoms with Gasteiger partial charge in [0.15, 0.2) is 6.23 Å². The molecule has 0 rings (SSSR count). The molecule has 0 atom stereocenters. The zero-order valence-electron chi connectivity index (χ0n) is 13.4. The largest absolute Gasteiger partial charge is 0.539 e. The molecule has 0 fully saturated rings. The maximum absolute atomic E-state index is 11.6. The molecule has 20 heavy (non-hydrogen) atoms. The fourth-order valence-corrected chi connectivity index (χ4v) is 3.09. The van der Waals surface area contributed by atoms with Crippen LogP contribution in [-0.2, 0) is 22.8 Å². The first-order valence-corrected chi connectivity index (χ1v) is 9.38. The van der Waals surface area contributed by atoms with Crippen LogP contribution >= 0.6 is 0 Å². The summed E-state index contributed by atoms with van der Waals surface area (Å²) in [4.78, 5) is 11.6. The van der Waals surface area contributed by atoms with Crippen molar-refractivity contribution >= 4 is 14.8 Å². The number of rotatable bonds is 13. The van der Waals surface area contributed by atoms with Gasteiger partial charge in [0.05, 0.1) is 0 Å². The molecule has 0 radical (unpaired) electrons. The van der Waals surface area contributed by atoms with Crippen molar-refractivity contribution in [2.45, 2.75) is 58.3 Å². The molecule has 0 aromatic carbocycles. The highest BCUT2D eigenvalue weighted by atomic mass is 28.4. The molecule has 6 heteroatoms. The fraction of sp³-hybridized carbons (Fsp3) is 0.929. The van der Waals surface area contributed by atoms with Crippen molar-refractivity contribution in [3.05, 3.63) is 0 Å². The van der Waals surface area contributed by atoms with E-state index in [0.29, 0.717) is 6.42 Å². The van der Waals surface area contributed by atoms with E-state index in [4.69, 9.17) is 18.0 Å². The Labute approximate surface area is 124 Å². The first kappa shape index (κ1) is 19.6. The summed E-state index contributed by atoms with van der Waals surface area (Å²) in [6.07, 6.45) is 8.81. The summed E-state index contributed by atoms with van der Waals surface area (Å²) >= 11 is 0. The maximum Gasteiger partial charge on any atom is 0.539 e. The van der Waals surface area contributed by atoms with Gasteiger partial charge in [-0.3, -0.25) is 4.79 Å². The number of hydrogen-bond acceptors (Lipinski definition) is 5. The number of unbranched alkanes of at least 4 members (excludes halogenated alkanes) is 6. The molecule has 0 unspecified atom stereocenters. The van der Waals surface area contributed by atoms with Crippen molar-refractivity contribution < 1.29 is 22.8 Å². The van der Waals surface area contributed by atoms with E-state index in [2.05, 4.69) is 6.92 Å². The third-order valence-corrected chi connectivity index (χ3v) is 5.69. The Morgan fingerprint density at radius 2 is 1.35 bits per heavy atom. The van der Waals surface area contributed by atoms with E-state index in [0.717, 1.165) is 12.8 Å². The minimum Gasteiger partial charge on any atom is -0.461 e. The van der Waals surface area contributed by atoms with Gasteiger partial charge in [-0.05, 0) is 6.42 Å². The summed E-state index contributed by atoms with van der Waals surface area (Å²) in [7, 11) is 1.72. The molecule has 0 aromatic rings. The molecule has 5 nitrogen and oxygen atoms in total. The van der Waals surface area contributed by atoms with Crippen LogP contribution in [-0.4, -0.2) is 42.3 Å². The molecule has 120 valence electrons. The van der Waals surface area contributed by atoms with Crippen molar-refractivity contribution in [3.8, 4) is 0 Å². The number of carbonyl (C=O) groups excluding carboxylic acids is 1. The van der Waals surface area contributed by atoms with Crippen LogP contribution in [0.2, 0.25) is 0 Å². The quantitative estimate of drug-likeness (QED) is 0.297. The van der Waals surface area contributed by atoms with Crippen LogP contribution < -0.4 is 0 Å². The monoisotopic (exact) mass is 306 g/mol. The molecular formula is C14H30O5Si. The third kappa shape index (κ3) is 8.68. The van der Waals surface area contributed by atoms with Gasteiger partial charge in [-0.2, -0.15) is 0 Å². The van der Waals surface area contributed by atoms with E-state index in [1.807, 2.05) is 0 Å². The van der Waals surface area contributed by atoms with Crippen molar-refractivity contribution in [1.82, 2.24) is 0 Å². The van der Waals surface area contributed by atoms with Crippen molar-refractivity contribution in [2.24, 2.45) is 0 Å². The third-order valence-electron chi connectivity index (χ3n) is 3.33. The standard InChI is InChI=1S/C14H30O5Si/c1-5-6-7-8-9-10-11-12-14(15)19-13-20(16-2,17-3)18-4/h5-13H2,1-4H3. The summed E-state index contributed by atoms with van der Waals surface area (Å²) in [5.74, 6) is -0.207. The van der Waals surface area contributed by atoms with Crippen molar-refractivity contribution in [1.29, 1.82) is 0 Å². The van der Waals surface area contributed by atoms with Gasteiger partial charge < -0.3 is 18.0 Å². The second-order valence-electron chi connectivity index (χ2n) is 4.83. The highest BCUT2D eigenvalue weighted by molar-refractivity contribution is 6.60. The molecular weight excluding hydrogens is 276 g/mol. The second kappa shape index (κ2) is 12.3. The van der Waals surface area contributed by atoms with Crippen LogP contribution in [0.25, 0.3) is 0 Å². The van der Waals surface area contributed by atoms with E-state index in [9.17, 15) is 4.79 Å². The van der Waals surface area contributed by atoms with E-state index < -0.39 is 8.80 Å². The lowest BCUT2D eigenvalue weighted by Crippen LogP contribution is -2.48. The second-order valence-corrected chi connectivity index (χ2v) is 7.71. The summed E-state index contributed by atoms with van der Waals surface area (Å²) in [5.41, 5.74) is 0. The lowest BCUT2D eigenvalue weighted by molar-refractivity contribution is -0.143. The highest BCUT2D eigenvalue weighted by Crippen LogP contribution is 2.10. The topological polar surface area (TPSA) is 54.0 Å². The van der Waals surface area contributed by atoms with E-state index in [1.54, 1.807) is 0 Å². The Bertz CT molecular complexity index is 235. The Morgan fingerprint density at radius 3 is 1.85 bits per heavy atom. The number of ether oxygens (including phenoxy) is 1. The molecule has 0 heterocycles. The van der Waals surface area contributed by atoms with Crippen LogP contribution in [0, 0.1) is 0 Å². The Kier molecular flexibility index (Phi) is 12.1. The minimum atomic E-state index is -2.79. The highest BCUT2D eigenvalue weighted by Gasteiger charge is 2.40. The van der Waals surface area contributed by atoms with Gasteiger partial charge in [0.1, 0.15) is 0 Å². The Hall–Kier alpha value is -0.433. The number of hydrogen-bond donors (Lipinski definition) is 0. The molecule has 0 saturated carbocycles. The van der Waals surface area contributed by atoms with Crippen LogP contribution in [0.5, 0.6) is 0 Å². The molecule has 0 bridgehead atoms. The zero-order chi connectivity index (χ0) is 15.3. The molecule has 0 aliphatic rings. The number of esters is 1. The van der Waals surface area contributed by atoms with Crippen LogP contribution in [0.3, 0.4) is 0 Å². The Balaban J connectivity index is 3.63. The summed E-state index contributed by atoms with van der Waals surface area (Å²) < 4.78 is 20.7. The summed E-state index contributed by atoms with van der Waals surface area (Å²) in [6, 6.07) is 0. The maximum atomic E-state index is 11.6. The average molecular weight is 306 g/mol. The normalized spacial score (nSPS) is 11.6. The summed E-state index contributed by atoms with van der Waals surface area (Å²) in [5, 5.41) is 0. The van der Waals surface area contributed by atoms with E-state index >= 15 is 0 Å². The molecule has 0 aliphatic heterocycles. The number of carbonyl (C=O) groups is 1. The predicted octanol–water partition coefficient (Wildman–Crippen LogP) is 3.09. The van der Waals surface area contributed by atoms with Gasteiger partial charge in [0.2, 0.25) is 0 Å². The average Bonchev–Trinajstić information content (AvgIpc) is 2.48. The van der Waals surface area contributed by atoms with E-state index in [-0.39, 0.29) is 12.2 Å². The lowest BCUT2D eigenvalue weighted by Gasteiger charge is -2.23. The van der Waals surface area contributed by atoms with Crippen LogP contribution in [0.1, 0.15) is 58.3 Å². The van der Waals surface area contributed by atoms with Crippen LogP contribution in [0.4, 0.5) is 0 Å². The predicted molar refractivity (Wildman–Crippen MR) is 80.4 cm³/mol. The minimum absolute atomic E-state index is 0.0752. The van der Waals surface area contributed by atoms with Crippen molar-refractivity contribution in [2.75, 3.05) is 27.6 Å². The molecule has 0 saturated heterocycles. The fourth-order valence-electron chi connectivity index (χ4n) is 1.89. The molecule has 0 aromatic heterocycles. The SMILES string of the molecule is CCCCCCCCCC(=O)OC[Si](OC)(OC)OC. The van der Waals surface area contributed by atoms with Gasteiger partial charge in [-0.1, -0.05) is 45.4 Å². The first-order chi connectivity index (χ1) is 9.64. The molecule has 0 spiro atoms. The van der Waals surface area contributed by atoms with Gasteiger partial charge in [0, 0.05) is 27.8 Å². The van der Waals surface area contributed by atoms with Gasteiger partial charge in [-0.15, -0.1) is 0 Å². The van der Waals surface area contributed by atoms with Gasteiger partial charge in [-0.25, -0.2) is 0 Å². The lowest BCUT2D eigenvalue weighted by atomic mass is 10.1. The molecule has 0 N–H and O–H groups in total. The summed E-state index contributed by atoms with van der Waals surface area (Å²) in [6.45, 7) is 2.21. The molecule has 0 amide bonds. The Morgan fingerprint density at radius 1 is 0.850 bits per heavy atom. The molecule has 0 aliphatic carbocycles. The zero-order valence-corrected chi connectivity index (χ0v) is 14.4. The van der Waals surface area contributed by atoms with Gasteiger partial charge in [0.25, 0.3) is 0 Å².